The summed E-state index contributed by atoms with van der Waals surface area (Å²) in [4.78, 5) is 4.79. The van der Waals surface area contributed by atoms with Crippen LogP contribution in [0.2, 0.25) is 0 Å². The van der Waals surface area contributed by atoms with Crippen LogP contribution in [-0.4, -0.2) is 4.57 Å². The van der Waals surface area contributed by atoms with Gasteiger partial charge in [0.25, 0.3) is 0 Å². The summed E-state index contributed by atoms with van der Waals surface area (Å²) in [5.74, 6) is 0. The van der Waals surface area contributed by atoms with Crippen LogP contribution in [0, 0.1) is 0 Å². The molecule has 0 fully saturated rings. The van der Waals surface area contributed by atoms with Crippen molar-refractivity contribution in [1.29, 1.82) is 0 Å². The number of nitrogens with zero attached hydrogens (tertiary/aromatic N) is 3. The zero-order valence-electron chi connectivity index (χ0n) is 31.6. The van der Waals surface area contributed by atoms with Crippen molar-refractivity contribution < 1.29 is 0 Å². The fraction of sp³-hybridized carbons (Fsp3) is 0. The maximum absolute atomic E-state index is 2.47. The fourth-order valence-electron chi connectivity index (χ4n) is 8.64. The molecule has 9 aromatic carbocycles. The standard InChI is InChI=1S/C54H37N3S/c1-6-20-39(21-7-1)55(40-22-8-2-9-23-40)51-37-48(54(58-51)56(41-24-10-3-11-25-41)42-26-12-4-13-27-42)38-34-35-50-49(36-38)52-46-32-18-16-30-44(46)45-31-17-19-33-47(45)53(52)57(50)43-28-14-5-15-29-43/h1-37H. The van der Waals surface area contributed by atoms with Crippen molar-refractivity contribution in [3.63, 3.8) is 0 Å². The minimum atomic E-state index is 1.11. The highest BCUT2D eigenvalue weighted by atomic mass is 32.1. The van der Waals surface area contributed by atoms with Crippen molar-refractivity contribution in [1.82, 2.24) is 4.57 Å². The first-order valence-corrected chi connectivity index (χ1v) is 20.5. The monoisotopic (exact) mass is 759 g/mol. The fourth-order valence-corrected chi connectivity index (χ4v) is 9.91. The molecule has 0 bridgehead atoms. The SMILES string of the molecule is c1ccc(N(c2ccccc2)c2cc(-c3ccc4c(c3)c3c5ccccc5c5ccccc5c3n4-c3ccccc3)c(N(c3ccccc3)c3ccccc3)s2)cc1. The van der Waals surface area contributed by atoms with Crippen LogP contribution in [0.25, 0.3) is 60.2 Å². The molecular weight excluding hydrogens is 723 g/mol. The summed E-state index contributed by atoms with van der Waals surface area (Å²) in [5.41, 5.74) is 10.3. The highest BCUT2D eigenvalue weighted by molar-refractivity contribution is 7.21. The van der Waals surface area contributed by atoms with E-state index in [-0.39, 0.29) is 0 Å². The highest BCUT2D eigenvalue weighted by Gasteiger charge is 2.26. The number of para-hydroxylation sites is 5. The van der Waals surface area contributed by atoms with Crippen molar-refractivity contribution in [2.75, 3.05) is 9.80 Å². The van der Waals surface area contributed by atoms with Crippen molar-refractivity contribution in [2.24, 2.45) is 0 Å². The molecule has 2 aromatic heterocycles. The lowest BCUT2D eigenvalue weighted by atomic mass is 9.96. The molecule has 0 spiro atoms. The zero-order valence-corrected chi connectivity index (χ0v) is 32.4. The lowest BCUT2D eigenvalue weighted by Crippen LogP contribution is -2.09. The van der Waals surface area contributed by atoms with Crippen molar-refractivity contribution in [3.8, 4) is 16.8 Å². The Labute approximate surface area is 341 Å². The lowest BCUT2D eigenvalue weighted by molar-refractivity contribution is 1.19. The highest BCUT2D eigenvalue weighted by Crippen LogP contribution is 2.52. The van der Waals surface area contributed by atoms with Crippen LogP contribution in [0.5, 0.6) is 0 Å². The molecule has 0 amide bonds. The second-order valence-corrected chi connectivity index (χ2v) is 15.5. The normalized spacial score (nSPS) is 11.4. The first-order valence-electron chi connectivity index (χ1n) is 19.7. The van der Waals surface area contributed by atoms with Gasteiger partial charge in [-0.15, -0.1) is 0 Å². The molecular formula is C54H37N3S. The molecule has 0 saturated carbocycles. The Balaban J connectivity index is 1.24. The summed E-state index contributed by atoms with van der Waals surface area (Å²) in [6, 6.07) is 81.0. The summed E-state index contributed by atoms with van der Waals surface area (Å²) in [7, 11) is 0. The van der Waals surface area contributed by atoms with Gasteiger partial charge in [-0.05, 0) is 101 Å². The minimum Gasteiger partial charge on any atom is -0.309 e. The van der Waals surface area contributed by atoms with Crippen molar-refractivity contribution >= 4 is 87.4 Å². The van der Waals surface area contributed by atoms with Gasteiger partial charge < -0.3 is 14.4 Å². The number of thiophene rings is 1. The van der Waals surface area contributed by atoms with Gasteiger partial charge in [0.1, 0.15) is 10.0 Å². The van der Waals surface area contributed by atoms with Crippen LogP contribution in [0.1, 0.15) is 0 Å². The molecule has 0 aliphatic rings. The van der Waals surface area contributed by atoms with Gasteiger partial charge in [0.05, 0.1) is 11.0 Å². The Morgan fingerprint density at radius 2 is 0.810 bits per heavy atom. The van der Waals surface area contributed by atoms with E-state index in [2.05, 4.69) is 239 Å². The van der Waals surface area contributed by atoms with E-state index in [4.69, 9.17) is 0 Å². The average Bonchev–Trinajstić information content (AvgIpc) is 3.88. The maximum Gasteiger partial charge on any atom is 0.110 e. The number of rotatable bonds is 8. The molecule has 0 N–H and O–H groups in total. The van der Waals surface area contributed by atoms with Gasteiger partial charge in [-0.2, -0.15) is 0 Å². The van der Waals surface area contributed by atoms with Crippen LogP contribution in [-0.2, 0) is 0 Å². The first kappa shape index (κ1) is 33.9. The summed E-state index contributed by atoms with van der Waals surface area (Å²) < 4.78 is 2.47. The van der Waals surface area contributed by atoms with Gasteiger partial charge in [0, 0.05) is 50.2 Å². The Morgan fingerprint density at radius 1 is 0.362 bits per heavy atom. The van der Waals surface area contributed by atoms with E-state index >= 15 is 0 Å². The zero-order chi connectivity index (χ0) is 38.4. The van der Waals surface area contributed by atoms with Crippen LogP contribution >= 0.6 is 11.3 Å². The van der Waals surface area contributed by atoms with E-state index in [9.17, 15) is 0 Å². The molecule has 0 aliphatic heterocycles. The molecule has 0 unspecified atom stereocenters. The minimum absolute atomic E-state index is 1.11. The quantitative estimate of drug-likeness (QED) is 0.143. The molecule has 0 atom stereocenters. The Hall–Kier alpha value is -7.40. The number of benzene rings is 9. The second-order valence-electron chi connectivity index (χ2n) is 14.5. The number of fused-ring (bicyclic) bond motifs is 8. The van der Waals surface area contributed by atoms with Gasteiger partial charge in [-0.1, -0.05) is 157 Å². The number of anilines is 6. The van der Waals surface area contributed by atoms with E-state index < -0.39 is 0 Å². The van der Waals surface area contributed by atoms with E-state index in [1.807, 2.05) is 11.3 Å². The molecule has 0 radical (unpaired) electrons. The third kappa shape index (κ3) is 5.65. The molecule has 3 nitrogen and oxygen atoms in total. The van der Waals surface area contributed by atoms with Gasteiger partial charge in [-0.3, -0.25) is 0 Å². The van der Waals surface area contributed by atoms with Crippen LogP contribution in [0.4, 0.5) is 32.8 Å². The largest absolute Gasteiger partial charge is 0.309 e. The first-order chi connectivity index (χ1) is 28.8. The maximum atomic E-state index is 2.47. The molecule has 0 aliphatic carbocycles. The van der Waals surface area contributed by atoms with E-state index in [1.54, 1.807) is 0 Å². The van der Waals surface area contributed by atoms with Gasteiger partial charge in [0.15, 0.2) is 0 Å². The van der Waals surface area contributed by atoms with Crippen LogP contribution < -0.4 is 9.80 Å². The Morgan fingerprint density at radius 3 is 1.36 bits per heavy atom. The predicted molar refractivity (Wildman–Crippen MR) is 248 cm³/mol. The van der Waals surface area contributed by atoms with Gasteiger partial charge in [0.2, 0.25) is 0 Å². The smallest absolute Gasteiger partial charge is 0.110 e. The number of hydrogen-bond donors (Lipinski definition) is 0. The van der Waals surface area contributed by atoms with Crippen LogP contribution in [0.15, 0.2) is 224 Å². The molecule has 0 saturated heterocycles. The summed E-state index contributed by atoms with van der Waals surface area (Å²) in [5, 5.41) is 9.80. The topological polar surface area (TPSA) is 11.4 Å². The molecule has 2 heterocycles. The molecule has 58 heavy (non-hydrogen) atoms. The van der Waals surface area contributed by atoms with Gasteiger partial charge >= 0.3 is 0 Å². The number of hydrogen-bond acceptors (Lipinski definition) is 3. The molecule has 11 rings (SSSR count). The van der Waals surface area contributed by atoms with E-state index in [0.29, 0.717) is 0 Å². The average molecular weight is 760 g/mol. The van der Waals surface area contributed by atoms with E-state index in [0.717, 1.165) is 49.6 Å². The Bertz CT molecular complexity index is 3130. The summed E-state index contributed by atoms with van der Waals surface area (Å²) in [6.07, 6.45) is 0. The number of aromatic nitrogens is 1. The third-order valence-electron chi connectivity index (χ3n) is 11.1. The third-order valence-corrected chi connectivity index (χ3v) is 12.2. The van der Waals surface area contributed by atoms with Crippen LogP contribution in [0.3, 0.4) is 0 Å². The molecule has 4 heteroatoms. The Kier molecular flexibility index (Phi) is 8.34. The predicted octanol–water partition coefficient (Wildman–Crippen LogP) is 15.8. The molecule has 11 aromatic rings. The van der Waals surface area contributed by atoms with Crippen molar-refractivity contribution in [3.05, 3.63) is 224 Å². The van der Waals surface area contributed by atoms with Gasteiger partial charge in [-0.25, -0.2) is 0 Å². The second kappa shape index (κ2) is 14.3. The van der Waals surface area contributed by atoms with Crippen molar-refractivity contribution in [2.45, 2.75) is 0 Å². The summed E-state index contributed by atoms with van der Waals surface area (Å²) in [6.45, 7) is 0. The van der Waals surface area contributed by atoms with E-state index in [1.165, 1.54) is 43.4 Å². The summed E-state index contributed by atoms with van der Waals surface area (Å²) >= 11 is 1.81. The molecule has 274 valence electrons. The lowest BCUT2D eigenvalue weighted by Gasteiger charge is -2.26.